The van der Waals surface area contributed by atoms with Crippen LogP contribution in [0.25, 0.3) is 0 Å². The third-order valence-corrected chi connectivity index (χ3v) is 7.31. The largest absolute Gasteiger partial charge is 0.292 e. The van der Waals surface area contributed by atoms with E-state index in [9.17, 15) is 4.79 Å². The second-order valence-corrected chi connectivity index (χ2v) is 9.93. The number of carbonyl (C=O) groups excluding carboxylic acids is 1. The van der Waals surface area contributed by atoms with E-state index in [1.807, 2.05) is 70.7 Å². The molecule has 0 unspecified atom stereocenters. The van der Waals surface area contributed by atoms with E-state index in [-0.39, 0.29) is 5.78 Å². The number of halogens is 1. The van der Waals surface area contributed by atoms with E-state index in [4.69, 9.17) is 21.8 Å². The molecule has 0 radical (unpaired) electrons. The molecule has 0 N–H and O–H groups in total. The van der Waals surface area contributed by atoms with Gasteiger partial charge in [-0.15, -0.1) is 0 Å². The monoisotopic (exact) mass is 486 g/mol. The zero-order valence-corrected chi connectivity index (χ0v) is 20.6. The lowest BCUT2D eigenvalue weighted by Gasteiger charge is -2.43. The maximum absolute atomic E-state index is 12.4. The fraction of sp³-hybridized carbons (Fsp3) is 0.148. The Morgan fingerprint density at radius 2 is 1.65 bits per heavy atom. The smallest absolute Gasteiger partial charge is 0.227 e. The zero-order chi connectivity index (χ0) is 23.9. The highest BCUT2D eigenvalue weighted by atomic mass is 35.5. The molecule has 170 valence electrons. The van der Waals surface area contributed by atoms with Crippen molar-refractivity contribution in [2.24, 2.45) is 10.2 Å². The van der Waals surface area contributed by atoms with Gasteiger partial charge in [0, 0.05) is 17.5 Å². The van der Waals surface area contributed by atoms with Crippen molar-refractivity contribution in [1.82, 2.24) is 0 Å². The van der Waals surface area contributed by atoms with Crippen LogP contribution in [0, 0.1) is 13.8 Å². The van der Waals surface area contributed by atoms with E-state index in [1.54, 1.807) is 0 Å². The highest BCUT2D eigenvalue weighted by Crippen LogP contribution is 2.48. The number of hydrogen-bond donors (Lipinski definition) is 0. The first kappa shape index (κ1) is 22.4. The first-order valence-corrected chi connectivity index (χ1v) is 12.1. The zero-order valence-electron chi connectivity index (χ0n) is 19.1. The van der Waals surface area contributed by atoms with Crippen LogP contribution in [0.15, 0.2) is 95.2 Å². The summed E-state index contributed by atoms with van der Waals surface area (Å²) in [5, 5.41) is 14.6. The van der Waals surface area contributed by atoms with Gasteiger partial charge in [0.05, 0.1) is 17.1 Å². The van der Waals surface area contributed by atoms with Crippen LogP contribution in [-0.2, 0) is 4.79 Å². The van der Waals surface area contributed by atoms with E-state index in [0.717, 1.165) is 28.2 Å². The number of nitrogens with zero attached hydrogens (tertiary/aromatic N) is 4. The molecule has 2 aliphatic heterocycles. The Hall–Kier alpha value is -3.35. The summed E-state index contributed by atoms with van der Waals surface area (Å²) in [4.78, 5) is 11.5. The quantitative estimate of drug-likeness (QED) is 0.419. The molecule has 5 rings (SSSR count). The van der Waals surface area contributed by atoms with Gasteiger partial charge in [-0.05, 0) is 79.7 Å². The van der Waals surface area contributed by atoms with Crippen LogP contribution in [0.3, 0.4) is 0 Å². The summed E-state index contributed by atoms with van der Waals surface area (Å²) >= 11 is 7.70. The summed E-state index contributed by atoms with van der Waals surface area (Å²) in [6.07, 6.45) is 4.08. The van der Waals surface area contributed by atoms with Crippen LogP contribution in [0.1, 0.15) is 23.6 Å². The summed E-state index contributed by atoms with van der Waals surface area (Å²) in [6.45, 7) is 5.69. The second-order valence-electron chi connectivity index (χ2n) is 8.30. The number of hydrazone groups is 2. The van der Waals surface area contributed by atoms with Gasteiger partial charge in [-0.2, -0.15) is 10.2 Å². The van der Waals surface area contributed by atoms with E-state index >= 15 is 0 Å². The predicted molar refractivity (Wildman–Crippen MR) is 143 cm³/mol. The molecule has 0 amide bonds. The molecule has 7 heteroatoms. The standard InChI is InChI=1S/C27H23ClN4OS/c1-18-12-13-19(2)24(16-18)25-14-15-27(31(29-25)22-9-5-4-6-10-22)32(30-26(34-27)20(3)33)23-11-7-8-21(28)17-23/h4-17H,1-3H3/t27-/m0/s1. The fourth-order valence-corrected chi connectivity index (χ4v) is 5.37. The van der Waals surface area contributed by atoms with Gasteiger partial charge in [0.15, 0.2) is 10.8 Å². The van der Waals surface area contributed by atoms with Crippen LogP contribution in [0.5, 0.6) is 0 Å². The number of aryl methyl sites for hydroxylation is 2. The molecule has 0 saturated carbocycles. The third kappa shape index (κ3) is 3.93. The SMILES string of the molecule is CC(=O)C1=NN(c2cccc(Cl)c2)[C@@]2(C=CC(c3cc(C)ccc3C)=NN2c2ccccc2)S1. The van der Waals surface area contributed by atoms with E-state index in [0.29, 0.717) is 10.1 Å². The van der Waals surface area contributed by atoms with Crippen molar-refractivity contribution >= 4 is 51.3 Å². The first-order chi connectivity index (χ1) is 16.4. The Balaban J connectivity index is 1.70. The first-order valence-electron chi connectivity index (χ1n) is 10.9. The Labute approximate surface area is 208 Å². The van der Waals surface area contributed by atoms with Gasteiger partial charge in [-0.25, -0.2) is 10.0 Å². The van der Waals surface area contributed by atoms with E-state index in [1.165, 1.54) is 24.2 Å². The number of allylic oxidation sites excluding steroid dienone is 1. The molecule has 2 heterocycles. The van der Waals surface area contributed by atoms with Crippen molar-refractivity contribution in [3.63, 3.8) is 0 Å². The molecule has 2 aliphatic rings. The van der Waals surface area contributed by atoms with E-state index < -0.39 is 4.99 Å². The number of thioether (sulfide) groups is 1. The summed E-state index contributed by atoms with van der Waals surface area (Å²) in [5.41, 5.74) is 5.88. The molecule has 1 spiro atoms. The number of anilines is 2. The Bertz CT molecular complexity index is 1370. The summed E-state index contributed by atoms with van der Waals surface area (Å²) in [7, 11) is 0. The highest BCUT2D eigenvalue weighted by molar-refractivity contribution is 8.17. The number of rotatable bonds is 4. The molecule has 0 aliphatic carbocycles. The number of para-hydroxylation sites is 1. The van der Waals surface area contributed by atoms with Crippen LogP contribution >= 0.6 is 23.4 Å². The highest BCUT2D eigenvalue weighted by Gasteiger charge is 2.51. The average Bonchev–Trinajstić information content (AvgIpc) is 3.22. The number of ketones is 1. The van der Waals surface area contributed by atoms with Crippen molar-refractivity contribution in [1.29, 1.82) is 0 Å². The molecule has 1 atom stereocenters. The maximum atomic E-state index is 12.4. The topological polar surface area (TPSA) is 48.3 Å². The summed E-state index contributed by atoms with van der Waals surface area (Å²) in [5.74, 6) is -0.0976. The average molecular weight is 487 g/mol. The van der Waals surface area contributed by atoms with Crippen molar-refractivity contribution in [2.75, 3.05) is 10.0 Å². The summed E-state index contributed by atoms with van der Waals surface area (Å²) < 4.78 is 0. The van der Waals surface area contributed by atoms with Gasteiger partial charge in [0.1, 0.15) is 0 Å². The van der Waals surface area contributed by atoms with Crippen LogP contribution in [-0.4, -0.2) is 21.5 Å². The van der Waals surface area contributed by atoms with Crippen LogP contribution in [0.4, 0.5) is 11.4 Å². The summed E-state index contributed by atoms with van der Waals surface area (Å²) in [6, 6.07) is 23.8. The molecule has 0 bridgehead atoms. The lowest BCUT2D eigenvalue weighted by atomic mass is 10.00. The van der Waals surface area contributed by atoms with Crippen molar-refractivity contribution in [3.05, 3.63) is 107 Å². The second kappa shape index (κ2) is 8.78. The predicted octanol–water partition coefficient (Wildman–Crippen LogP) is 6.55. The Morgan fingerprint density at radius 3 is 2.38 bits per heavy atom. The third-order valence-electron chi connectivity index (χ3n) is 5.73. The maximum Gasteiger partial charge on any atom is 0.227 e. The molecular weight excluding hydrogens is 464 g/mol. The normalized spacial score (nSPS) is 19.4. The minimum absolute atomic E-state index is 0.0976. The van der Waals surface area contributed by atoms with Gasteiger partial charge >= 0.3 is 0 Å². The van der Waals surface area contributed by atoms with Crippen molar-refractivity contribution in [2.45, 2.75) is 25.8 Å². The van der Waals surface area contributed by atoms with Crippen molar-refractivity contribution in [3.8, 4) is 0 Å². The molecule has 3 aromatic rings. The lowest BCUT2D eigenvalue weighted by Crippen LogP contribution is -2.53. The number of hydrogen-bond acceptors (Lipinski definition) is 6. The molecule has 0 fully saturated rings. The van der Waals surface area contributed by atoms with Gasteiger partial charge in [0.2, 0.25) is 4.99 Å². The van der Waals surface area contributed by atoms with Gasteiger partial charge in [0.25, 0.3) is 0 Å². The Kier molecular flexibility index (Phi) is 5.80. The van der Waals surface area contributed by atoms with Crippen LogP contribution in [0.2, 0.25) is 5.02 Å². The van der Waals surface area contributed by atoms with Crippen molar-refractivity contribution < 1.29 is 4.79 Å². The number of Topliss-reactive ketones (excluding diaryl/α,β-unsaturated/α-hetero) is 1. The minimum Gasteiger partial charge on any atom is -0.292 e. The molecule has 0 aromatic heterocycles. The van der Waals surface area contributed by atoms with E-state index in [2.05, 4.69) is 38.1 Å². The van der Waals surface area contributed by atoms with Gasteiger partial charge in [-0.1, -0.05) is 53.6 Å². The van der Waals surface area contributed by atoms with Crippen LogP contribution < -0.4 is 10.0 Å². The fourth-order valence-electron chi connectivity index (χ4n) is 4.04. The number of benzene rings is 3. The Morgan fingerprint density at radius 1 is 0.912 bits per heavy atom. The molecule has 3 aromatic carbocycles. The minimum atomic E-state index is -0.908. The number of carbonyl (C=O) groups is 1. The molecular formula is C27H23ClN4OS. The molecule has 0 saturated heterocycles. The van der Waals surface area contributed by atoms with Gasteiger partial charge < -0.3 is 0 Å². The molecule has 5 nitrogen and oxygen atoms in total. The van der Waals surface area contributed by atoms with Gasteiger partial charge in [-0.3, -0.25) is 4.79 Å². The molecule has 34 heavy (non-hydrogen) atoms. The lowest BCUT2D eigenvalue weighted by molar-refractivity contribution is -0.110.